The highest BCUT2D eigenvalue weighted by Gasteiger charge is 2.13. The molecular weight excluding hydrogens is 274 g/mol. The van der Waals surface area contributed by atoms with E-state index in [0.29, 0.717) is 19.5 Å². The lowest BCUT2D eigenvalue weighted by Crippen LogP contribution is -2.30. The van der Waals surface area contributed by atoms with Crippen LogP contribution in [0.2, 0.25) is 0 Å². The Hall–Kier alpha value is -1.39. The zero-order chi connectivity index (χ0) is 13.5. The first-order chi connectivity index (χ1) is 9.29. The first kappa shape index (κ1) is 14.0. The highest BCUT2D eigenvalue weighted by molar-refractivity contribution is 7.09. The number of nitrogens with zero attached hydrogens (tertiary/aromatic N) is 1. The standard InChI is InChI=1S/C15H17NOS2/c1-2-8-16(11-14-4-3-9-19-14)15(17)6-5-13-7-10-18-12-13/h2-4,7,9-10,12H,1,5-6,8,11H2. The topological polar surface area (TPSA) is 20.3 Å². The number of thiophene rings is 2. The van der Waals surface area contributed by atoms with Crippen molar-refractivity contribution in [2.75, 3.05) is 6.54 Å². The molecule has 0 spiro atoms. The Bertz CT molecular complexity index is 502. The van der Waals surface area contributed by atoms with E-state index in [2.05, 4.69) is 24.1 Å². The van der Waals surface area contributed by atoms with Gasteiger partial charge in [0.15, 0.2) is 0 Å². The molecule has 0 aliphatic carbocycles. The molecule has 19 heavy (non-hydrogen) atoms. The zero-order valence-corrected chi connectivity index (χ0v) is 12.4. The highest BCUT2D eigenvalue weighted by Crippen LogP contribution is 2.14. The summed E-state index contributed by atoms with van der Waals surface area (Å²) in [6, 6.07) is 6.16. The molecule has 0 aromatic carbocycles. The predicted molar refractivity (Wildman–Crippen MR) is 82.6 cm³/mol. The molecular formula is C15H17NOS2. The van der Waals surface area contributed by atoms with Crippen molar-refractivity contribution < 1.29 is 4.79 Å². The lowest BCUT2D eigenvalue weighted by molar-refractivity contribution is -0.131. The third-order valence-electron chi connectivity index (χ3n) is 2.84. The van der Waals surface area contributed by atoms with E-state index in [1.165, 1.54) is 10.4 Å². The number of hydrogen-bond donors (Lipinski definition) is 0. The lowest BCUT2D eigenvalue weighted by atomic mass is 10.2. The smallest absolute Gasteiger partial charge is 0.223 e. The fourth-order valence-electron chi connectivity index (χ4n) is 1.85. The quantitative estimate of drug-likeness (QED) is 0.707. The van der Waals surface area contributed by atoms with Gasteiger partial charge in [-0.3, -0.25) is 4.79 Å². The number of aryl methyl sites for hydroxylation is 1. The van der Waals surface area contributed by atoms with Crippen LogP contribution in [-0.2, 0) is 17.8 Å². The van der Waals surface area contributed by atoms with Crippen molar-refractivity contribution in [3.63, 3.8) is 0 Å². The van der Waals surface area contributed by atoms with Crippen molar-refractivity contribution in [2.24, 2.45) is 0 Å². The van der Waals surface area contributed by atoms with Gasteiger partial charge in [0.1, 0.15) is 0 Å². The number of carbonyl (C=O) groups excluding carboxylic acids is 1. The van der Waals surface area contributed by atoms with Crippen LogP contribution in [0.5, 0.6) is 0 Å². The summed E-state index contributed by atoms with van der Waals surface area (Å²) in [4.78, 5) is 15.3. The SMILES string of the molecule is C=CCN(Cc1cccs1)C(=O)CCc1ccsc1. The van der Waals surface area contributed by atoms with Gasteiger partial charge in [-0.05, 0) is 40.3 Å². The van der Waals surface area contributed by atoms with Crippen LogP contribution in [0, 0.1) is 0 Å². The molecule has 0 atom stereocenters. The van der Waals surface area contributed by atoms with Gasteiger partial charge in [0, 0.05) is 17.8 Å². The maximum atomic E-state index is 12.2. The van der Waals surface area contributed by atoms with Gasteiger partial charge in [-0.25, -0.2) is 0 Å². The van der Waals surface area contributed by atoms with Crippen LogP contribution in [0.15, 0.2) is 47.0 Å². The molecule has 0 radical (unpaired) electrons. The third-order valence-corrected chi connectivity index (χ3v) is 4.43. The van der Waals surface area contributed by atoms with E-state index in [-0.39, 0.29) is 5.91 Å². The molecule has 0 aliphatic rings. The predicted octanol–water partition coefficient (Wildman–Crippen LogP) is 3.96. The Morgan fingerprint density at radius 1 is 1.37 bits per heavy atom. The Morgan fingerprint density at radius 2 is 2.26 bits per heavy atom. The van der Waals surface area contributed by atoms with Crippen molar-refractivity contribution >= 4 is 28.6 Å². The van der Waals surface area contributed by atoms with Crippen LogP contribution >= 0.6 is 22.7 Å². The molecule has 100 valence electrons. The largest absolute Gasteiger partial charge is 0.334 e. The first-order valence-corrected chi connectivity index (χ1v) is 8.04. The second kappa shape index (κ2) is 7.26. The number of hydrogen-bond acceptors (Lipinski definition) is 3. The maximum absolute atomic E-state index is 12.2. The van der Waals surface area contributed by atoms with E-state index in [0.717, 1.165) is 6.42 Å². The van der Waals surface area contributed by atoms with Gasteiger partial charge < -0.3 is 4.90 Å². The minimum Gasteiger partial charge on any atom is -0.334 e. The van der Waals surface area contributed by atoms with E-state index in [9.17, 15) is 4.79 Å². The van der Waals surface area contributed by atoms with Crippen molar-refractivity contribution in [1.29, 1.82) is 0 Å². The van der Waals surface area contributed by atoms with Gasteiger partial charge in [0.05, 0.1) is 6.54 Å². The molecule has 2 aromatic heterocycles. The Kier molecular flexibility index (Phi) is 5.36. The van der Waals surface area contributed by atoms with Gasteiger partial charge in [0.25, 0.3) is 0 Å². The minimum absolute atomic E-state index is 0.194. The molecule has 1 amide bonds. The van der Waals surface area contributed by atoms with E-state index in [1.807, 2.05) is 21.7 Å². The van der Waals surface area contributed by atoms with Crippen LogP contribution in [0.3, 0.4) is 0 Å². The molecule has 2 aromatic rings. The molecule has 0 saturated carbocycles. The van der Waals surface area contributed by atoms with Crippen LogP contribution < -0.4 is 0 Å². The average molecular weight is 291 g/mol. The van der Waals surface area contributed by atoms with Crippen molar-refractivity contribution in [2.45, 2.75) is 19.4 Å². The molecule has 4 heteroatoms. The lowest BCUT2D eigenvalue weighted by Gasteiger charge is -2.20. The molecule has 0 saturated heterocycles. The number of rotatable bonds is 7. The van der Waals surface area contributed by atoms with Gasteiger partial charge in [-0.2, -0.15) is 11.3 Å². The molecule has 2 heterocycles. The van der Waals surface area contributed by atoms with E-state index in [4.69, 9.17) is 0 Å². The van der Waals surface area contributed by atoms with Crippen molar-refractivity contribution in [3.8, 4) is 0 Å². The molecule has 0 unspecified atom stereocenters. The van der Waals surface area contributed by atoms with Crippen molar-refractivity contribution in [3.05, 3.63) is 57.4 Å². The van der Waals surface area contributed by atoms with Crippen LogP contribution in [0.4, 0.5) is 0 Å². The second-order valence-corrected chi connectivity index (χ2v) is 6.09. The Labute approximate surface area is 122 Å². The molecule has 2 rings (SSSR count). The summed E-state index contributed by atoms with van der Waals surface area (Å²) in [6.45, 7) is 5.03. The molecule has 0 N–H and O–H groups in total. The first-order valence-electron chi connectivity index (χ1n) is 6.21. The summed E-state index contributed by atoms with van der Waals surface area (Å²) in [5, 5.41) is 6.19. The summed E-state index contributed by atoms with van der Waals surface area (Å²) in [6.07, 6.45) is 3.17. The molecule has 2 nitrogen and oxygen atoms in total. The van der Waals surface area contributed by atoms with Crippen molar-refractivity contribution in [1.82, 2.24) is 4.90 Å². The minimum atomic E-state index is 0.194. The summed E-state index contributed by atoms with van der Waals surface area (Å²) in [7, 11) is 0. The molecule has 0 fully saturated rings. The summed E-state index contributed by atoms with van der Waals surface area (Å²) in [5.41, 5.74) is 1.24. The number of amides is 1. The van der Waals surface area contributed by atoms with E-state index >= 15 is 0 Å². The van der Waals surface area contributed by atoms with Crippen LogP contribution in [0.1, 0.15) is 16.9 Å². The highest BCUT2D eigenvalue weighted by atomic mass is 32.1. The second-order valence-electron chi connectivity index (χ2n) is 4.27. The molecule has 0 aliphatic heterocycles. The van der Waals surface area contributed by atoms with Crippen LogP contribution in [-0.4, -0.2) is 17.4 Å². The summed E-state index contributed by atoms with van der Waals surface area (Å²) in [5.74, 6) is 0.194. The number of carbonyl (C=O) groups is 1. The van der Waals surface area contributed by atoms with E-state index in [1.54, 1.807) is 28.7 Å². The van der Waals surface area contributed by atoms with Gasteiger partial charge in [0.2, 0.25) is 5.91 Å². The monoisotopic (exact) mass is 291 g/mol. The summed E-state index contributed by atoms with van der Waals surface area (Å²) < 4.78 is 0. The Balaban J connectivity index is 1.90. The van der Waals surface area contributed by atoms with Gasteiger partial charge in [-0.1, -0.05) is 12.1 Å². The summed E-state index contributed by atoms with van der Waals surface area (Å²) >= 11 is 3.36. The van der Waals surface area contributed by atoms with Crippen LogP contribution in [0.25, 0.3) is 0 Å². The van der Waals surface area contributed by atoms with Gasteiger partial charge >= 0.3 is 0 Å². The van der Waals surface area contributed by atoms with Gasteiger partial charge in [-0.15, -0.1) is 17.9 Å². The normalized spacial score (nSPS) is 10.3. The fourth-order valence-corrected chi connectivity index (χ4v) is 3.27. The third kappa shape index (κ3) is 4.33. The fraction of sp³-hybridized carbons (Fsp3) is 0.267. The molecule has 0 bridgehead atoms. The van der Waals surface area contributed by atoms with E-state index < -0.39 is 0 Å². The Morgan fingerprint density at radius 3 is 2.89 bits per heavy atom. The maximum Gasteiger partial charge on any atom is 0.223 e. The average Bonchev–Trinajstić information content (AvgIpc) is 3.08. The zero-order valence-electron chi connectivity index (χ0n) is 10.7.